The van der Waals surface area contributed by atoms with Gasteiger partial charge in [0, 0.05) is 24.0 Å². The molecule has 5 heteroatoms. The zero-order valence-electron chi connectivity index (χ0n) is 10.8. The zero-order chi connectivity index (χ0) is 14.0. The van der Waals surface area contributed by atoms with Gasteiger partial charge in [-0.2, -0.15) is 0 Å². The molecule has 1 aliphatic carbocycles. The van der Waals surface area contributed by atoms with Crippen LogP contribution in [0.5, 0.6) is 0 Å². The van der Waals surface area contributed by atoms with Gasteiger partial charge in [0.1, 0.15) is 5.82 Å². The maximum Gasteiger partial charge on any atom is 0.254 e. The number of carbonyl (C=O) groups is 1. The van der Waals surface area contributed by atoms with Gasteiger partial charge in [0.05, 0.1) is 11.7 Å². The van der Waals surface area contributed by atoms with Crippen LogP contribution in [0.1, 0.15) is 29.6 Å². The largest absolute Gasteiger partial charge is 0.393 e. The average molecular weight is 330 g/mol. The first-order chi connectivity index (χ1) is 8.99. The molecule has 1 fully saturated rings. The van der Waals surface area contributed by atoms with E-state index in [1.807, 2.05) is 0 Å². The minimum atomic E-state index is -0.430. The third-order valence-corrected chi connectivity index (χ3v) is 4.32. The van der Waals surface area contributed by atoms with Crippen LogP contribution < -0.4 is 0 Å². The first-order valence-electron chi connectivity index (χ1n) is 6.37. The zero-order valence-corrected chi connectivity index (χ0v) is 12.4. The highest BCUT2D eigenvalue weighted by molar-refractivity contribution is 9.10. The predicted molar refractivity (Wildman–Crippen MR) is 74.4 cm³/mol. The van der Waals surface area contributed by atoms with Gasteiger partial charge in [0.15, 0.2) is 0 Å². The molecular formula is C14H17BrFNO2. The summed E-state index contributed by atoms with van der Waals surface area (Å²) < 4.78 is 13.8. The van der Waals surface area contributed by atoms with Crippen LogP contribution in [0, 0.1) is 11.7 Å². The first-order valence-corrected chi connectivity index (χ1v) is 7.17. The van der Waals surface area contributed by atoms with E-state index in [0.29, 0.717) is 16.6 Å². The molecule has 0 bridgehead atoms. The lowest BCUT2D eigenvalue weighted by atomic mass is 10.1. The lowest BCUT2D eigenvalue weighted by Gasteiger charge is -2.23. The van der Waals surface area contributed by atoms with E-state index in [2.05, 4.69) is 15.9 Å². The number of aliphatic hydroxyl groups excluding tert-OH is 1. The highest BCUT2D eigenvalue weighted by atomic mass is 79.9. The second-order valence-corrected chi connectivity index (χ2v) is 5.92. The van der Waals surface area contributed by atoms with Crippen LogP contribution in [0.4, 0.5) is 4.39 Å². The highest BCUT2D eigenvalue weighted by Crippen LogP contribution is 2.27. The number of amides is 1. The van der Waals surface area contributed by atoms with Crippen molar-refractivity contribution in [2.75, 3.05) is 13.6 Å². The van der Waals surface area contributed by atoms with Gasteiger partial charge in [-0.05, 0) is 47.0 Å². The number of hydrogen-bond donors (Lipinski definition) is 1. The SMILES string of the molecule is CN(CC1CCCC1O)C(=O)c1cc(F)ccc1Br. The number of hydrogen-bond acceptors (Lipinski definition) is 2. The van der Waals surface area contributed by atoms with Gasteiger partial charge in [-0.3, -0.25) is 4.79 Å². The number of rotatable bonds is 3. The Morgan fingerprint density at radius 3 is 2.89 bits per heavy atom. The molecule has 1 N–H and O–H groups in total. The van der Waals surface area contributed by atoms with Crippen molar-refractivity contribution in [2.24, 2.45) is 5.92 Å². The van der Waals surface area contributed by atoms with Gasteiger partial charge in [0.2, 0.25) is 0 Å². The van der Waals surface area contributed by atoms with Crippen molar-refractivity contribution in [1.29, 1.82) is 0 Å². The molecule has 2 rings (SSSR count). The summed E-state index contributed by atoms with van der Waals surface area (Å²) >= 11 is 3.26. The topological polar surface area (TPSA) is 40.5 Å². The number of halogens is 2. The molecule has 0 radical (unpaired) electrons. The van der Waals surface area contributed by atoms with Crippen LogP contribution in [0.25, 0.3) is 0 Å². The molecule has 1 aromatic rings. The van der Waals surface area contributed by atoms with Crippen molar-refractivity contribution < 1.29 is 14.3 Å². The van der Waals surface area contributed by atoms with Crippen LogP contribution in [0.3, 0.4) is 0 Å². The summed E-state index contributed by atoms with van der Waals surface area (Å²) in [6.45, 7) is 0.503. The fourth-order valence-corrected chi connectivity index (χ4v) is 2.95. The summed E-state index contributed by atoms with van der Waals surface area (Å²) in [5.74, 6) is -0.535. The second kappa shape index (κ2) is 6.01. The molecule has 2 atom stereocenters. The Labute approximate surface area is 120 Å². The third-order valence-electron chi connectivity index (χ3n) is 3.63. The van der Waals surface area contributed by atoms with Gasteiger partial charge >= 0.3 is 0 Å². The number of carbonyl (C=O) groups excluding carboxylic acids is 1. The van der Waals surface area contributed by atoms with Crippen molar-refractivity contribution >= 4 is 21.8 Å². The minimum Gasteiger partial charge on any atom is -0.393 e. The van der Waals surface area contributed by atoms with Crippen LogP contribution in [-0.4, -0.2) is 35.6 Å². The van der Waals surface area contributed by atoms with Crippen molar-refractivity contribution in [3.05, 3.63) is 34.1 Å². The summed E-state index contributed by atoms with van der Waals surface area (Å²) in [4.78, 5) is 13.8. The Morgan fingerprint density at radius 2 is 2.26 bits per heavy atom. The van der Waals surface area contributed by atoms with E-state index in [-0.39, 0.29) is 17.9 Å². The Hall–Kier alpha value is -0.940. The quantitative estimate of drug-likeness (QED) is 0.926. The average Bonchev–Trinajstić information content (AvgIpc) is 2.77. The monoisotopic (exact) mass is 329 g/mol. The summed E-state index contributed by atoms with van der Waals surface area (Å²) in [6.07, 6.45) is 2.41. The molecule has 0 heterocycles. The van der Waals surface area contributed by atoms with Gasteiger partial charge in [-0.15, -0.1) is 0 Å². The Morgan fingerprint density at radius 1 is 1.53 bits per heavy atom. The van der Waals surface area contributed by atoms with Gasteiger partial charge in [0.25, 0.3) is 5.91 Å². The van der Waals surface area contributed by atoms with E-state index in [0.717, 1.165) is 19.3 Å². The van der Waals surface area contributed by atoms with Gasteiger partial charge in [-0.1, -0.05) is 6.42 Å². The molecule has 104 valence electrons. The van der Waals surface area contributed by atoms with E-state index in [4.69, 9.17) is 0 Å². The molecule has 1 amide bonds. The lowest BCUT2D eigenvalue weighted by molar-refractivity contribution is 0.0692. The Bertz CT molecular complexity index is 481. The van der Waals surface area contributed by atoms with E-state index in [1.54, 1.807) is 11.9 Å². The molecular weight excluding hydrogens is 313 g/mol. The minimum absolute atomic E-state index is 0.126. The molecule has 1 aliphatic rings. The molecule has 0 saturated heterocycles. The molecule has 1 aromatic carbocycles. The smallest absolute Gasteiger partial charge is 0.254 e. The molecule has 19 heavy (non-hydrogen) atoms. The number of benzene rings is 1. The Balaban J connectivity index is 2.08. The fraction of sp³-hybridized carbons (Fsp3) is 0.500. The van der Waals surface area contributed by atoms with Crippen molar-refractivity contribution in [3.63, 3.8) is 0 Å². The summed E-state index contributed by atoms with van der Waals surface area (Å²) in [7, 11) is 1.69. The number of aliphatic hydroxyl groups is 1. The molecule has 0 aromatic heterocycles. The molecule has 0 aliphatic heterocycles. The maximum atomic E-state index is 13.2. The third kappa shape index (κ3) is 3.34. The standard InChI is InChI=1S/C14H17BrFNO2/c1-17(8-9-3-2-4-13(9)18)14(19)11-7-10(16)5-6-12(11)15/h5-7,9,13,18H,2-4,8H2,1H3. The van der Waals surface area contributed by atoms with E-state index >= 15 is 0 Å². The van der Waals surface area contributed by atoms with Crippen LogP contribution >= 0.6 is 15.9 Å². The number of nitrogens with zero attached hydrogens (tertiary/aromatic N) is 1. The lowest BCUT2D eigenvalue weighted by Crippen LogP contribution is -2.34. The summed E-state index contributed by atoms with van der Waals surface area (Å²) in [5, 5.41) is 9.78. The van der Waals surface area contributed by atoms with Gasteiger partial charge < -0.3 is 10.0 Å². The van der Waals surface area contributed by atoms with Crippen LogP contribution in [0.2, 0.25) is 0 Å². The predicted octanol–water partition coefficient (Wildman–Crippen LogP) is 2.82. The summed E-state index contributed by atoms with van der Waals surface area (Å²) in [6, 6.07) is 4.07. The van der Waals surface area contributed by atoms with Gasteiger partial charge in [-0.25, -0.2) is 4.39 Å². The van der Waals surface area contributed by atoms with Crippen molar-refractivity contribution in [2.45, 2.75) is 25.4 Å². The molecule has 0 spiro atoms. The summed E-state index contributed by atoms with van der Waals surface area (Å²) in [5.41, 5.74) is 0.315. The van der Waals surface area contributed by atoms with Crippen LogP contribution in [-0.2, 0) is 0 Å². The van der Waals surface area contributed by atoms with E-state index in [9.17, 15) is 14.3 Å². The van der Waals surface area contributed by atoms with Crippen molar-refractivity contribution in [1.82, 2.24) is 4.90 Å². The molecule has 1 saturated carbocycles. The first kappa shape index (κ1) is 14.5. The fourth-order valence-electron chi connectivity index (χ4n) is 2.53. The van der Waals surface area contributed by atoms with E-state index < -0.39 is 5.82 Å². The molecule has 2 unspecified atom stereocenters. The Kier molecular flexibility index (Phi) is 4.58. The van der Waals surface area contributed by atoms with Crippen molar-refractivity contribution in [3.8, 4) is 0 Å². The second-order valence-electron chi connectivity index (χ2n) is 5.07. The maximum absolute atomic E-state index is 13.2. The van der Waals surface area contributed by atoms with E-state index in [1.165, 1.54) is 18.2 Å². The van der Waals surface area contributed by atoms with Crippen LogP contribution in [0.15, 0.2) is 22.7 Å². The highest BCUT2D eigenvalue weighted by Gasteiger charge is 2.28. The normalized spacial score (nSPS) is 22.5. The molecule has 3 nitrogen and oxygen atoms in total.